The molecule has 1 N–H and O–H groups in total. The van der Waals surface area contributed by atoms with Crippen molar-refractivity contribution < 1.29 is 18.7 Å². The maximum Gasteiger partial charge on any atom is 0.255 e. The molecular weight excluding hydrogens is 394 g/mol. The van der Waals surface area contributed by atoms with Crippen LogP contribution in [0.15, 0.2) is 41.1 Å². The van der Waals surface area contributed by atoms with Crippen molar-refractivity contribution in [3.05, 3.63) is 59.1 Å². The van der Waals surface area contributed by atoms with Gasteiger partial charge in [0.25, 0.3) is 5.91 Å². The number of benzene rings is 1. The lowest BCUT2D eigenvalue weighted by Crippen LogP contribution is -2.68. The summed E-state index contributed by atoms with van der Waals surface area (Å²) in [7, 11) is 0. The van der Waals surface area contributed by atoms with Gasteiger partial charge in [-0.2, -0.15) is 5.10 Å². The van der Waals surface area contributed by atoms with Gasteiger partial charge in [-0.05, 0) is 56.7 Å². The topological polar surface area (TPSA) is 85.8 Å². The first-order valence-corrected chi connectivity index (χ1v) is 10.4. The highest BCUT2D eigenvalue weighted by molar-refractivity contribution is 6.07. The number of rotatable bonds is 5. The molecular formula is C24H21N3O4. The van der Waals surface area contributed by atoms with Gasteiger partial charge < -0.3 is 14.5 Å². The predicted octanol–water partition coefficient (Wildman–Crippen LogP) is 4.58. The molecule has 0 radical (unpaired) electrons. The lowest BCUT2D eigenvalue weighted by atomic mass is 9.50. The minimum atomic E-state index is -0.0656. The summed E-state index contributed by atoms with van der Waals surface area (Å²) in [5.41, 5.74) is 3.32. The van der Waals surface area contributed by atoms with E-state index in [0.29, 0.717) is 34.0 Å². The van der Waals surface area contributed by atoms with Gasteiger partial charge in [0.1, 0.15) is 22.6 Å². The van der Waals surface area contributed by atoms with Crippen LogP contribution >= 0.6 is 0 Å². The zero-order chi connectivity index (χ0) is 21.3. The molecule has 31 heavy (non-hydrogen) atoms. The summed E-state index contributed by atoms with van der Waals surface area (Å²) in [4.78, 5) is 24.2. The van der Waals surface area contributed by atoms with Crippen LogP contribution in [-0.4, -0.2) is 27.3 Å². The molecule has 0 atom stereocenters. The quantitative estimate of drug-likeness (QED) is 0.482. The van der Waals surface area contributed by atoms with E-state index in [-0.39, 0.29) is 11.4 Å². The fourth-order valence-electron chi connectivity index (χ4n) is 5.05. The molecule has 3 saturated carbocycles. The molecule has 3 heterocycles. The zero-order valence-corrected chi connectivity index (χ0v) is 17.3. The summed E-state index contributed by atoms with van der Waals surface area (Å²) in [6.07, 6.45) is 7.40. The molecule has 3 aliphatic carbocycles. The van der Waals surface area contributed by atoms with Crippen molar-refractivity contribution in [3.63, 3.8) is 0 Å². The second-order valence-electron chi connectivity index (χ2n) is 8.82. The number of aldehydes is 1. The van der Waals surface area contributed by atoms with Crippen LogP contribution < -0.4 is 10.1 Å². The number of fused-ring (bicyclic) bond motifs is 2. The molecule has 0 aliphatic heterocycles. The SMILES string of the molecule is Cc1oc2cc(Oc3ccnn4cc(C=O)c(C)c34)ccc2c1C(=O)NC12CC(C1)C2. The van der Waals surface area contributed by atoms with Gasteiger partial charge >= 0.3 is 0 Å². The number of aryl methyl sites for hydroxylation is 2. The fourth-order valence-corrected chi connectivity index (χ4v) is 5.05. The van der Waals surface area contributed by atoms with Crippen molar-refractivity contribution >= 4 is 28.7 Å². The van der Waals surface area contributed by atoms with E-state index >= 15 is 0 Å². The average Bonchev–Trinajstić information content (AvgIpc) is 3.19. The predicted molar refractivity (Wildman–Crippen MR) is 114 cm³/mol. The summed E-state index contributed by atoms with van der Waals surface area (Å²) in [6.45, 7) is 3.68. The van der Waals surface area contributed by atoms with Crippen molar-refractivity contribution in [2.24, 2.45) is 5.92 Å². The first-order valence-electron chi connectivity index (χ1n) is 10.4. The van der Waals surface area contributed by atoms with E-state index in [1.807, 2.05) is 26.0 Å². The number of furan rings is 1. The van der Waals surface area contributed by atoms with Crippen molar-refractivity contribution in [2.75, 3.05) is 0 Å². The highest BCUT2D eigenvalue weighted by Crippen LogP contribution is 2.57. The van der Waals surface area contributed by atoms with Gasteiger partial charge in [-0.3, -0.25) is 9.59 Å². The Morgan fingerprint density at radius 2 is 2.10 bits per heavy atom. The first-order chi connectivity index (χ1) is 15.0. The van der Waals surface area contributed by atoms with Gasteiger partial charge in [-0.25, -0.2) is 4.52 Å². The summed E-state index contributed by atoms with van der Waals surface area (Å²) < 4.78 is 13.7. The molecule has 7 rings (SSSR count). The maximum atomic E-state index is 12.9. The van der Waals surface area contributed by atoms with Gasteiger partial charge in [0, 0.05) is 34.8 Å². The van der Waals surface area contributed by atoms with Crippen molar-refractivity contribution in [1.82, 2.24) is 14.9 Å². The van der Waals surface area contributed by atoms with E-state index in [2.05, 4.69) is 10.4 Å². The van der Waals surface area contributed by atoms with Crippen LogP contribution in [0.2, 0.25) is 0 Å². The summed E-state index contributed by atoms with van der Waals surface area (Å²) in [5, 5.41) is 8.24. The van der Waals surface area contributed by atoms with Crippen LogP contribution in [0.5, 0.6) is 11.5 Å². The molecule has 4 aromatic rings. The summed E-state index contributed by atoms with van der Waals surface area (Å²) >= 11 is 0. The van der Waals surface area contributed by atoms with Crippen LogP contribution in [0.4, 0.5) is 0 Å². The standard InChI is InChI=1S/C24H21N3O4/c1-13-16(12-28)11-27-22(13)19(5-6-25-27)31-17-3-4-18-20(7-17)30-14(2)21(18)23(29)26-24-8-15(9-24)10-24/h3-7,11-12,15H,8-10H2,1-2H3,(H,26,29). The van der Waals surface area contributed by atoms with Gasteiger partial charge in [0.15, 0.2) is 12.0 Å². The number of hydrogen-bond donors (Lipinski definition) is 1. The third-order valence-corrected chi connectivity index (χ3v) is 6.77. The van der Waals surface area contributed by atoms with Crippen molar-refractivity contribution in [3.8, 4) is 11.5 Å². The van der Waals surface area contributed by atoms with Gasteiger partial charge in [0.05, 0.1) is 11.8 Å². The Kier molecular flexibility index (Phi) is 3.64. The highest BCUT2D eigenvalue weighted by atomic mass is 16.5. The zero-order valence-electron chi connectivity index (χ0n) is 17.3. The number of nitrogens with zero attached hydrogens (tertiary/aromatic N) is 2. The lowest BCUT2D eigenvalue weighted by Gasteiger charge is -2.61. The molecule has 0 saturated heterocycles. The van der Waals surface area contributed by atoms with E-state index in [0.717, 1.165) is 47.9 Å². The van der Waals surface area contributed by atoms with Gasteiger partial charge in [0.2, 0.25) is 0 Å². The molecule has 156 valence electrons. The summed E-state index contributed by atoms with van der Waals surface area (Å²) in [6, 6.07) is 7.23. The Morgan fingerprint density at radius 3 is 2.81 bits per heavy atom. The number of amides is 1. The smallest absolute Gasteiger partial charge is 0.255 e. The molecule has 3 aromatic heterocycles. The van der Waals surface area contributed by atoms with Crippen LogP contribution in [0.3, 0.4) is 0 Å². The average molecular weight is 415 g/mol. The third kappa shape index (κ3) is 2.62. The normalized spacial score (nSPS) is 21.5. The van der Waals surface area contributed by atoms with Gasteiger partial charge in [-0.15, -0.1) is 0 Å². The van der Waals surface area contributed by atoms with Crippen molar-refractivity contribution in [1.29, 1.82) is 0 Å². The third-order valence-electron chi connectivity index (χ3n) is 6.77. The number of carbonyl (C=O) groups excluding carboxylic acids is 2. The second-order valence-corrected chi connectivity index (χ2v) is 8.82. The Hall–Kier alpha value is -3.61. The Labute approximate surface area is 178 Å². The fraction of sp³-hybridized carbons (Fsp3) is 0.292. The highest BCUT2D eigenvalue weighted by Gasteiger charge is 2.57. The molecule has 1 aromatic carbocycles. The number of aromatic nitrogens is 2. The monoisotopic (exact) mass is 415 g/mol. The minimum Gasteiger partial charge on any atom is -0.460 e. The van der Waals surface area contributed by atoms with E-state index < -0.39 is 0 Å². The van der Waals surface area contributed by atoms with E-state index in [4.69, 9.17) is 9.15 Å². The lowest BCUT2D eigenvalue weighted by molar-refractivity contribution is -0.0438. The van der Waals surface area contributed by atoms with Crippen LogP contribution in [0.1, 0.15) is 51.3 Å². The largest absolute Gasteiger partial charge is 0.460 e. The number of ether oxygens (including phenoxy) is 1. The number of carbonyl (C=O) groups is 2. The molecule has 7 heteroatoms. The van der Waals surface area contributed by atoms with Crippen molar-refractivity contribution in [2.45, 2.75) is 38.6 Å². The van der Waals surface area contributed by atoms with E-state index in [1.54, 1.807) is 29.0 Å². The molecule has 7 nitrogen and oxygen atoms in total. The Morgan fingerprint density at radius 1 is 1.29 bits per heavy atom. The summed E-state index contributed by atoms with van der Waals surface area (Å²) in [5.74, 6) is 2.50. The van der Waals surface area contributed by atoms with Crippen LogP contribution in [0.25, 0.3) is 16.5 Å². The van der Waals surface area contributed by atoms with Crippen LogP contribution in [-0.2, 0) is 0 Å². The Bertz CT molecular complexity index is 1380. The number of hydrogen-bond acceptors (Lipinski definition) is 5. The first kappa shape index (κ1) is 18.2. The van der Waals surface area contributed by atoms with E-state index in [1.165, 1.54) is 0 Å². The maximum absolute atomic E-state index is 12.9. The minimum absolute atomic E-state index is 0.0169. The molecule has 3 aliphatic rings. The second kappa shape index (κ2) is 6.20. The number of nitrogens with one attached hydrogen (secondary N) is 1. The molecule has 0 unspecified atom stereocenters. The molecule has 0 spiro atoms. The Balaban J connectivity index is 1.34. The molecule has 1 amide bonds. The molecule has 2 bridgehead atoms. The van der Waals surface area contributed by atoms with E-state index in [9.17, 15) is 9.59 Å². The molecule has 3 fully saturated rings. The van der Waals surface area contributed by atoms with Crippen LogP contribution in [0, 0.1) is 19.8 Å². The van der Waals surface area contributed by atoms with Gasteiger partial charge in [-0.1, -0.05) is 0 Å².